The number of primary amides is 1. The molecule has 9 nitrogen and oxygen atoms in total. The van der Waals surface area contributed by atoms with Crippen LogP contribution in [0.4, 0.5) is 4.79 Å². The van der Waals surface area contributed by atoms with E-state index in [0.29, 0.717) is 12.0 Å². The molecule has 0 saturated carbocycles. The fraction of sp³-hybridized carbons (Fsp3) is 0.630. The number of nitrogens with two attached hydrogens (primary N) is 1. The van der Waals surface area contributed by atoms with Crippen molar-refractivity contribution in [3.05, 3.63) is 35.9 Å². The molecule has 2 unspecified atom stereocenters. The van der Waals surface area contributed by atoms with Gasteiger partial charge in [0.25, 0.3) is 0 Å². The van der Waals surface area contributed by atoms with Crippen LogP contribution in [-0.4, -0.2) is 52.4 Å². The summed E-state index contributed by atoms with van der Waals surface area (Å²) in [4.78, 5) is 53.2. The highest BCUT2D eigenvalue weighted by molar-refractivity contribution is 5.94. The van der Waals surface area contributed by atoms with Crippen LogP contribution in [0.15, 0.2) is 30.3 Å². The van der Waals surface area contributed by atoms with E-state index in [4.69, 9.17) is 10.5 Å². The van der Waals surface area contributed by atoms with Crippen molar-refractivity contribution in [2.45, 2.75) is 104 Å². The van der Waals surface area contributed by atoms with Crippen LogP contribution in [0.25, 0.3) is 0 Å². The zero-order valence-corrected chi connectivity index (χ0v) is 22.8. The van der Waals surface area contributed by atoms with Gasteiger partial charge >= 0.3 is 6.09 Å². The van der Waals surface area contributed by atoms with E-state index in [1.165, 1.54) is 4.90 Å². The number of benzene rings is 1. The molecule has 0 bridgehead atoms. The highest BCUT2D eigenvalue weighted by atomic mass is 16.6. The van der Waals surface area contributed by atoms with Crippen LogP contribution in [0.5, 0.6) is 0 Å². The third-order valence-corrected chi connectivity index (χ3v) is 5.10. The van der Waals surface area contributed by atoms with E-state index in [-0.39, 0.29) is 12.5 Å². The van der Waals surface area contributed by atoms with Gasteiger partial charge in [0.1, 0.15) is 17.7 Å². The Morgan fingerprint density at radius 3 is 2.08 bits per heavy atom. The number of alkyl carbamates (subject to hydrolysis) is 1. The molecule has 9 heteroatoms. The minimum Gasteiger partial charge on any atom is -0.444 e. The molecule has 0 spiro atoms. The van der Waals surface area contributed by atoms with Crippen molar-refractivity contribution in [2.24, 2.45) is 5.73 Å². The molecule has 0 fully saturated rings. The number of rotatable bonds is 12. The van der Waals surface area contributed by atoms with Crippen molar-refractivity contribution in [3.8, 4) is 0 Å². The van der Waals surface area contributed by atoms with Crippen LogP contribution in [0.3, 0.4) is 0 Å². The van der Waals surface area contributed by atoms with Crippen molar-refractivity contribution in [3.63, 3.8) is 0 Å². The topological polar surface area (TPSA) is 131 Å². The molecule has 0 aromatic heterocycles. The monoisotopic (exact) mass is 504 g/mol. The Morgan fingerprint density at radius 2 is 1.58 bits per heavy atom. The molecule has 1 rings (SSSR count). The minimum absolute atomic E-state index is 0.265. The van der Waals surface area contributed by atoms with Gasteiger partial charge in [0.05, 0.1) is 6.42 Å². The van der Waals surface area contributed by atoms with Crippen molar-refractivity contribution >= 4 is 23.8 Å². The lowest BCUT2D eigenvalue weighted by Crippen LogP contribution is -2.55. The molecule has 2 atom stereocenters. The first kappa shape index (κ1) is 30.9. The van der Waals surface area contributed by atoms with E-state index >= 15 is 0 Å². The summed E-state index contributed by atoms with van der Waals surface area (Å²) in [6, 6.07) is 6.74. The summed E-state index contributed by atoms with van der Waals surface area (Å²) in [5, 5.41) is 5.47. The van der Waals surface area contributed by atoms with E-state index in [9.17, 15) is 19.2 Å². The number of carbonyl (C=O) groups is 4. The second-order valence-electron chi connectivity index (χ2n) is 11.0. The molecule has 0 saturated heterocycles. The van der Waals surface area contributed by atoms with Crippen molar-refractivity contribution < 1.29 is 23.9 Å². The Bertz CT molecular complexity index is 874. The summed E-state index contributed by atoms with van der Waals surface area (Å²) in [5.74, 6) is -1.69. The first-order chi connectivity index (χ1) is 16.6. The number of ether oxygens (including phenoxy) is 1. The third-order valence-electron chi connectivity index (χ3n) is 5.10. The number of unbranched alkanes of at least 4 members (excludes halogenated alkanes) is 3. The predicted molar refractivity (Wildman–Crippen MR) is 140 cm³/mol. The fourth-order valence-electron chi connectivity index (χ4n) is 3.67. The maximum absolute atomic E-state index is 13.9. The van der Waals surface area contributed by atoms with Gasteiger partial charge in [-0.25, -0.2) is 4.79 Å². The molecule has 0 aliphatic heterocycles. The van der Waals surface area contributed by atoms with E-state index in [0.717, 1.165) is 19.3 Å². The molecule has 0 heterocycles. The summed E-state index contributed by atoms with van der Waals surface area (Å²) in [7, 11) is 0. The van der Waals surface area contributed by atoms with Crippen LogP contribution in [0.1, 0.15) is 92.2 Å². The van der Waals surface area contributed by atoms with Crippen LogP contribution in [-0.2, 0) is 19.1 Å². The van der Waals surface area contributed by atoms with Gasteiger partial charge in [-0.2, -0.15) is 0 Å². The number of hydrogen-bond donors (Lipinski definition) is 3. The lowest BCUT2D eigenvalue weighted by Gasteiger charge is -2.36. The fourth-order valence-corrected chi connectivity index (χ4v) is 3.67. The average Bonchev–Trinajstić information content (AvgIpc) is 2.72. The van der Waals surface area contributed by atoms with Crippen LogP contribution < -0.4 is 16.4 Å². The first-order valence-electron chi connectivity index (χ1n) is 12.6. The molecule has 0 aliphatic rings. The second kappa shape index (κ2) is 13.8. The van der Waals surface area contributed by atoms with Gasteiger partial charge in [0, 0.05) is 12.1 Å². The highest BCUT2D eigenvalue weighted by Gasteiger charge is 2.37. The molecule has 1 aromatic carbocycles. The van der Waals surface area contributed by atoms with Gasteiger partial charge in [-0.05, 0) is 53.5 Å². The molecular weight excluding hydrogens is 460 g/mol. The molecular formula is C27H44N4O5. The normalized spacial score (nSPS) is 13.3. The number of nitrogens with zero attached hydrogens (tertiary/aromatic N) is 1. The van der Waals surface area contributed by atoms with E-state index in [1.807, 2.05) is 26.8 Å². The smallest absolute Gasteiger partial charge is 0.408 e. The highest BCUT2D eigenvalue weighted by Crippen LogP contribution is 2.25. The molecule has 4 amide bonds. The first-order valence-corrected chi connectivity index (χ1v) is 12.6. The maximum Gasteiger partial charge on any atom is 0.408 e. The summed E-state index contributed by atoms with van der Waals surface area (Å²) >= 11 is 0. The summed E-state index contributed by atoms with van der Waals surface area (Å²) in [6.45, 7) is 13.0. The largest absolute Gasteiger partial charge is 0.444 e. The zero-order chi connectivity index (χ0) is 27.5. The predicted octanol–water partition coefficient (Wildman–Crippen LogP) is 3.82. The third kappa shape index (κ3) is 11.6. The standard InChI is InChI=1S/C27H44N4O5/c1-8-9-10-14-17-31(22(19-15-12-11-13-16-19)23(33)30-26(2,3)4)24(34)20(18-21(28)32)29-25(35)36-27(5,6)7/h11-13,15-16,20,22H,8-10,14,17-18H2,1-7H3,(H2,28,32)(H,29,35)(H,30,33). The Labute approximate surface area is 215 Å². The second-order valence-corrected chi connectivity index (χ2v) is 11.0. The number of nitrogens with one attached hydrogen (secondary N) is 2. The molecule has 0 radical (unpaired) electrons. The summed E-state index contributed by atoms with van der Waals surface area (Å²) in [5.41, 5.74) is 4.71. The Morgan fingerprint density at radius 1 is 0.972 bits per heavy atom. The van der Waals surface area contributed by atoms with Gasteiger partial charge in [-0.3, -0.25) is 14.4 Å². The molecule has 202 valence electrons. The molecule has 0 aliphatic carbocycles. The van der Waals surface area contributed by atoms with Crippen molar-refractivity contribution in [1.29, 1.82) is 0 Å². The quantitative estimate of drug-likeness (QED) is 0.373. The van der Waals surface area contributed by atoms with Gasteiger partial charge in [0.15, 0.2) is 0 Å². The average molecular weight is 505 g/mol. The van der Waals surface area contributed by atoms with Gasteiger partial charge < -0.3 is 26.0 Å². The number of hydrogen-bond acceptors (Lipinski definition) is 5. The van der Waals surface area contributed by atoms with E-state index in [2.05, 4.69) is 17.6 Å². The Kier molecular flexibility index (Phi) is 11.9. The van der Waals surface area contributed by atoms with Gasteiger partial charge in [-0.15, -0.1) is 0 Å². The van der Waals surface area contributed by atoms with E-state index in [1.54, 1.807) is 45.0 Å². The van der Waals surface area contributed by atoms with Crippen molar-refractivity contribution in [2.75, 3.05) is 6.54 Å². The SMILES string of the molecule is CCCCCCN(C(=O)C(CC(N)=O)NC(=O)OC(C)(C)C)C(C(=O)NC(C)(C)C)c1ccccc1. The van der Waals surface area contributed by atoms with E-state index < -0.39 is 47.6 Å². The number of amides is 4. The van der Waals surface area contributed by atoms with Gasteiger partial charge in [-0.1, -0.05) is 56.5 Å². The van der Waals surface area contributed by atoms with Gasteiger partial charge in [0.2, 0.25) is 17.7 Å². The van der Waals surface area contributed by atoms with Crippen LogP contribution in [0.2, 0.25) is 0 Å². The molecule has 1 aromatic rings. The molecule has 36 heavy (non-hydrogen) atoms. The lowest BCUT2D eigenvalue weighted by molar-refractivity contribution is -0.144. The lowest BCUT2D eigenvalue weighted by atomic mass is 9.99. The summed E-state index contributed by atoms with van der Waals surface area (Å²) < 4.78 is 5.30. The maximum atomic E-state index is 13.9. The Balaban J connectivity index is 3.45. The van der Waals surface area contributed by atoms with Crippen LogP contribution in [0, 0.1) is 0 Å². The van der Waals surface area contributed by atoms with Crippen molar-refractivity contribution in [1.82, 2.24) is 15.5 Å². The number of carbonyl (C=O) groups excluding carboxylic acids is 4. The molecule has 4 N–H and O–H groups in total. The Hall–Kier alpha value is -3.10. The minimum atomic E-state index is -1.28. The summed E-state index contributed by atoms with van der Waals surface area (Å²) in [6.07, 6.45) is 2.23. The zero-order valence-electron chi connectivity index (χ0n) is 22.8. The van der Waals surface area contributed by atoms with Crippen LogP contribution >= 0.6 is 0 Å².